The highest BCUT2D eigenvalue weighted by molar-refractivity contribution is 6.91. The van der Waals surface area contributed by atoms with Crippen LogP contribution in [-0.2, 0) is 31.3 Å². The van der Waals surface area contributed by atoms with Gasteiger partial charge < -0.3 is 29.1 Å². The Hall–Kier alpha value is -4.97. The molecule has 10 nitrogen and oxygen atoms in total. The van der Waals surface area contributed by atoms with Gasteiger partial charge >= 0.3 is 0 Å². The number of fused-ring (bicyclic) bond motifs is 3. The maximum absolute atomic E-state index is 15.2. The monoisotopic (exact) mass is 745 g/mol. The number of amides is 3. The Kier molecular flexibility index (Phi) is 9.36. The molecule has 54 heavy (non-hydrogen) atoms. The highest BCUT2D eigenvalue weighted by atomic mass is 28.3. The van der Waals surface area contributed by atoms with Crippen LogP contribution in [0.3, 0.4) is 0 Å². The quantitative estimate of drug-likeness (QED) is 0.213. The Bertz CT molecular complexity index is 2070. The summed E-state index contributed by atoms with van der Waals surface area (Å²) >= 11 is 0. The first-order valence-corrected chi connectivity index (χ1v) is 21.9. The van der Waals surface area contributed by atoms with Crippen LogP contribution in [0.2, 0.25) is 18.6 Å². The van der Waals surface area contributed by atoms with Gasteiger partial charge in [0.2, 0.25) is 5.91 Å². The average Bonchev–Trinajstić information content (AvgIpc) is 3.86. The highest BCUT2D eigenvalue weighted by Crippen LogP contribution is 2.60. The van der Waals surface area contributed by atoms with E-state index in [4.69, 9.17) is 14.2 Å². The van der Waals surface area contributed by atoms with Crippen LogP contribution >= 0.6 is 0 Å². The number of rotatable bonds is 9. The standard InChI is InChI=1S/C43H47N3O7Si/c1-28-41(54(3,4)33-21-19-32(51-2)20-22-33)38(24-39(48)44-23-9-10-31(44)26-47)53-43(28)34-11-5-6-12-35(34)45(42(43)50)25-29-15-17-30(18-16-29)46-36-13-7-8-14-37(36)52-27-40(46)49/h5-8,11-22,28,31,38,41,47H,9-10,23-27H2,1-4H3/t28-,31+,38+,41-,43+/m1/s1. The molecule has 0 aromatic heterocycles. The molecule has 280 valence electrons. The Balaban J connectivity index is 1.13. The third-order valence-corrected chi connectivity index (χ3v) is 16.6. The fourth-order valence-corrected chi connectivity index (χ4v) is 13.6. The summed E-state index contributed by atoms with van der Waals surface area (Å²) in [6.45, 7) is 7.57. The zero-order chi connectivity index (χ0) is 37.8. The van der Waals surface area contributed by atoms with Crippen molar-refractivity contribution in [2.45, 2.75) is 69.1 Å². The van der Waals surface area contributed by atoms with Crippen LogP contribution in [0.15, 0.2) is 97.1 Å². The topological polar surface area (TPSA) is 109 Å². The summed E-state index contributed by atoms with van der Waals surface area (Å²) in [5.74, 6) is 0.853. The molecule has 0 saturated carbocycles. The lowest BCUT2D eigenvalue weighted by atomic mass is 9.82. The van der Waals surface area contributed by atoms with Gasteiger partial charge in [-0.15, -0.1) is 0 Å². The highest BCUT2D eigenvalue weighted by Gasteiger charge is 2.66. The largest absolute Gasteiger partial charge is 0.497 e. The minimum Gasteiger partial charge on any atom is -0.497 e. The van der Waals surface area contributed by atoms with Crippen molar-refractivity contribution in [1.82, 2.24) is 4.90 Å². The second kappa shape index (κ2) is 14.0. The first-order chi connectivity index (χ1) is 26.1. The van der Waals surface area contributed by atoms with Crippen molar-refractivity contribution in [2.75, 3.05) is 36.7 Å². The number of aliphatic hydroxyl groups is 1. The van der Waals surface area contributed by atoms with E-state index in [1.54, 1.807) is 12.0 Å². The van der Waals surface area contributed by atoms with Crippen molar-refractivity contribution in [3.63, 3.8) is 0 Å². The van der Waals surface area contributed by atoms with Crippen LogP contribution in [0.25, 0.3) is 0 Å². The molecule has 0 radical (unpaired) electrons. The van der Waals surface area contributed by atoms with Crippen LogP contribution in [0.5, 0.6) is 11.5 Å². The van der Waals surface area contributed by atoms with Gasteiger partial charge in [0.05, 0.1) is 58.3 Å². The van der Waals surface area contributed by atoms with Crippen molar-refractivity contribution in [1.29, 1.82) is 0 Å². The normalized spacial score (nSPS) is 24.9. The number of hydrogen-bond acceptors (Lipinski definition) is 7. The minimum atomic E-state index is -2.45. The molecular weight excluding hydrogens is 699 g/mol. The molecule has 2 saturated heterocycles. The molecular formula is C43H47N3O7Si. The summed E-state index contributed by atoms with van der Waals surface area (Å²) in [7, 11) is -0.793. The van der Waals surface area contributed by atoms with Crippen LogP contribution in [0, 0.1) is 5.92 Å². The molecule has 0 unspecified atom stereocenters. The molecule has 4 aromatic rings. The zero-order valence-corrected chi connectivity index (χ0v) is 32.2. The van der Waals surface area contributed by atoms with Crippen molar-refractivity contribution in [2.24, 2.45) is 5.92 Å². The van der Waals surface area contributed by atoms with E-state index < -0.39 is 19.8 Å². The number of hydrogen-bond donors (Lipinski definition) is 1. The number of aliphatic hydroxyl groups excluding tert-OH is 1. The molecule has 0 aliphatic carbocycles. The number of para-hydroxylation sites is 3. The van der Waals surface area contributed by atoms with Crippen LogP contribution in [0.1, 0.15) is 37.3 Å². The molecule has 4 aliphatic rings. The molecule has 4 aromatic carbocycles. The number of methoxy groups -OCH3 is 1. The van der Waals surface area contributed by atoms with Gasteiger partial charge in [0.15, 0.2) is 12.2 Å². The van der Waals surface area contributed by atoms with E-state index in [2.05, 4.69) is 32.2 Å². The minimum absolute atomic E-state index is 0.0378. The van der Waals surface area contributed by atoms with E-state index in [0.29, 0.717) is 24.5 Å². The predicted octanol–water partition coefficient (Wildman–Crippen LogP) is 5.89. The number of anilines is 3. The lowest BCUT2D eigenvalue weighted by molar-refractivity contribution is -0.150. The second-order valence-corrected chi connectivity index (χ2v) is 20.2. The number of carbonyl (C=O) groups is 3. The molecule has 8 rings (SSSR count). The van der Waals surface area contributed by atoms with E-state index in [1.807, 2.05) is 94.7 Å². The molecule has 2 fully saturated rings. The summed E-state index contributed by atoms with van der Waals surface area (Å²) in [6.07, 6.45) is 1.26. The second-order valence-electron chi connectivity index (χ2n) is 15.5. The average molecular weight is 746 g/mol. The number of nitrogens with zero attached hydrogens (tertiary/aromatic N) is 3. The summed E-state index contributed by atoms with van der Waals surface area (Å²) in [6, 6.07) is 31.1. The van der Waals surface area contributed by atoms with E-state index in [0.717, 1.165) is 41.1 Å². The lowest BCUT2D eigenvalue weighted by Gasteiger charge is -2.37. The van der Waals surface area contributed by atoms with E-state index in [-0.39, 0.29) is 54.9 Å². The third-order valence-electron chi connectivity index (χ3n) is 12.3. The molecule has 4 aliphatic heterocycles. The maximum atomic E-state index is 15.2. The molecule has 5 atom stereocenters. The maximum Gasteiger partial charge on any atom is 0.269 e. The molecule has 1 spiro atoms. The molecule has 0 bridgehead atoms. The Morgan fingerprint density at radius 1 is 0.944 bits per heavy atom. The predicted molar refractivity (Wildman–Crippen MR) is 209 cm³/mol. The van der Waals surface area contributed by atoms with Crippen molar-refractivity contribution in [3.05, 3.63) is 108 Å². The van der Waals surface area contributed by atoms with Gasteiger partial charge in [-0.25, -0.2) is 0 Å². The van der Waals surface area contributed by atoms with Gasteiger partial charge in [-0.05, 0) is 66.4 Å². The molecule has 1 N–H and O–H groups in total. The van der Waals surface area contributed by atoms with Gasteiger partial charge in [-0.2, -0.15) is 0 Å². The summed E-state index contributed by atoms with van der Waals surface area (Å²) < 4.78 is 18.3. The van der Waals surface area contributed by atoms with Crippen LogP contribution < -0.4 is 24.5 Å². The summed E-state index contributed by atoms with van der Waals surface area (Å²) in [4.78, 5) is 47.5. The van der Waals surface area contributed by atoms with Gasteiger partial charge in [0.1, 0.15) is 11.5 Å². The van der Waals surface area contributed by atoms with E-state index in [9.17, 15) is 14.7 Å². The SMILES string of the molecule is COc1ccc([Si](C)(C)[C@H]2[C@H](CC(=O)N3CCC[C@H]3CO)O[C@@]3(C(=O)N(Cc4ccc(N5C(=O)COc6ccccc65)cc4)c4ccccc43)[C@@H]2C)cc1. The van der Waals surface area contributed by atoms with Gasteiger partial charge in [-0.1, -0.05) is 79.8 Å². The fraction of sp³-hybridized carbons (Fsp3) is 0.372. The van der Waals surface area contributed by atoms with Gasteiger partial charge in [-0.3, -0.25) is 19.3 Å². The number of benzene rings is 4. The molecule has 3 amide bonds. The third kappa shape index (κ3) is 5.80. The van der Waals surface area contributed by atoms with Crippen LogP contribution in [0.4, 0.5) is 17.1 Å². The Labute approximate surface area is 317 Å². The molecule has 4 heterocycles. The van der Waals surface area contributed by atoms with Crippen molar-refractivity contribution >= 4 is 48.0 Å². The number of carbonyl (C=O) groups excluding carboxylic acids is 3. The Morgan fingerprint density at radius 2 is 1.65 bits per heavy atom. The van der Waals surface area contributed by atoms with E-state index in [1.165, 1.54) is 5.19 Å². The lowest BCUT2D eigenvalue weighted by Crippen LogP contribution is -2.52. The number of ether oxygens (including phenoxy) is 3. The van der Waals surface area contributed by atoms with Crippen LogP contribution in [-0.4, -0.2) is 74.8 Å². The zero-order valence-electron chi connectivity index (χ0n) is 31.2. The van der Waals surface area contributed by atoms with Gasteiger partial charge in [0.25, 0.3) is 11.8 Å². The first-order valence-electron chi connectivity index (χ1n) is 18.9. The Morgan fingerprint density at radius 3 is 2.37 bits per heavy atom. The van der Waals surface area contributed by atoms with E-state index >= 15 is 4.79 Å². The van der Waals surface area contributed by atoms with Crippen molar-refractivity contribution < 1.29 is 33.7 Å². The van der Waals surface area contributed by atoms with Gasteiger partial charge in [0, 0.05) is 23.7 Å². The smallest absolute Gasteiger partial charge is 0.269 e. The fourth-order valence-electron chi connectivity index (χ4n) is 9.59. The van der Waals surface area contributed by atoms with Crippen molar-refractivity contribution in [3.8, 4) is 11.5 Å². The summed E-state index contributed by atoms with van der Waals surface area (Å²) in [5, 5.41) is 11.3. The summed E-state index contributed by atoms with van der Waals surface area (Å²) in [5.41, 5.74) is 2.57. The number of likely N-dealkylation sites (tertiary alicyclic amines) is 1. The molecule has 11 heteroatoms. The first kappa shape index (κ1) is 36.0.